The van der Waals surface area contributed by atoms with Gasteiger partial charge < -0.3 is 0 Å². The van der Waals surface area contributed by atoms with Gasteiger partial charge in [0.05, 0.1) is 0 Å². The Morgan fingerprint density at radius 3 is 2.00 bits per heavy atom. The molecule has 0 unspecified atom stereocenters. The van der Waals surface area contributed by atoms with E-state index in [0.29, 0.717) is 23.5 Å². The second-order valence-corrected chi connectivity index (χ2v) is 10.5. The van der Waals surface area contributed by atoms with Crippen molar-refractivity contribution in [1.29, 1.82) is 0 Å². The van der Waals surface area contributed by atoms with Crippen molar-refractivity contribution in [2.45, 2.75) is 90.4 Å². The molecule has 3 aromatic carbocycles. The third kappa shape index (κ3) is 6.22. The lowest BCUT2D eigenvalue weighted by Crippen LogP contribution is -2.14. The summed E-state index contributed by atoms with van der Waals surface area (Å²) >= 11 is 0. The van der Waals surface area contributed by atoms with Gasteiger partial charge in [0.1, 0.15) is 5.82 Å². The minimum absolute atomic E-state index is 0.137. The molecule has 0 radical (unpaired) electrons. The monoisotopic (exact) mass is 492 g/mol. The predicted octanol–water partition coefficient (Wildman–Crippen LogP) is 10.6. The molecule has 0 nitrogen and oxygen atoms in total. The van der Waals surface area contributed by atoms with Gasteiger partial charge in [0, 0.05) is 5.56 Å². The Bertz CT molecular complexity index is 1120. The van der Waals surface area contributed by atoms with E-state index in [-0.39, 0.29) is 11.4 Å². The summed E-state index contributed by atoms with van der Waals surface area (Å²) in [7, 11) is 0. The average Bonchev–Trinajstić information content (AvgIpc) is 2.90. The maximum atomic E-state index is 15.1. The Hall–Kier alpha value is -2.55. The van der Waals surface area contributed by atoms with E-state index in [2.05, 4.69) is 6.92 Å². The molecule has 3 aromatic rings. The van der Waals surface area contributed by atoms with E-state index in [4.69, 9.17) is 0 Å². The minimum atomic E-state index is -0.799. The molecule has 0 amide bonds. The molecule has 0 aromatic heterocycles. The first-order valence-electron chi connectivity index (χ1n) is 13.9. The van der Waals surface area contributed by atoms with Crippen LogP contribution in [0.15, 0.2) is 54.6 Å². The topological polar surface area (TPSA) is 0 Å². The smallest absolute Gasteiger partial charge is 0.166 e. The Kier molecular flexibility index (Phi) is 9.29. The normalized spacial score (nSPS) is 17.9. The SMILES string of the molecule is CCCCCC1CCC(c2ccc(-c3ccc(-c4ccc(CCCC)c(F)c4F)cc3)cc2F)CC1. The standard InChI is InChI=1S/C33H39F3/c1-3-5-7-8-23-10-12-25(13-11-23)29-20-19-28(22-31(29)34)24-14-16-26(17-15-24)30-21-18-27(9-6-4-2)32(35)33(30)36/h14-23,25H,3-13H2,1-2H3. The van der Waals surface area contributed by atoms with Gasteiger partial charge in [-0.25, -0.2) is 13.2 Å². The molecule has 1 aliphatic rings. The molecule has 3 heteroatoms. The third-order valence-corrected chi connectivity index (χ3v) is 7.99. The molecule has 0 bridgehead atoms. The van der Waals surface area contributed by atoms with Gasteiger partial charge in [-0.3, -0.25) is 0 Å². The van der Waals surface area contributed by atoms with Crippen molar-refractivity contribution in [2.75, 3.05) is 0 Å². The molecule has 0 saturated heterocycles. The van der Waals surface area contributed by atoms with Crippen molar-refractivity contribution in [3.63, 3.8) is 0 Å². The number of unbranched alkanes of at least 4 members (excludes halogenated alkanes) is 3. The van der Waals surface area contributed by atoms with Gasteiger partial charge in [-0.1, -0.05) is 94.5 Å². The van der Waals surface area contributed by atoms with Crippen molar-refractivity contribution in [3.05, 3.63) is 83.2 Å². The molecule has 0 N–H and O–H groups in total. The van der Waals surface area contributed by atoms with Crippen molar-refractivity contribution < 1.29 is 13.2 Å². The molecule has 0 spiro atoms. The van der Waals surface area contributed by atoms with Crippen LogP contribution in [0.4, 0.5) is 13.2 Å². The Morgan fingerprint density at radius 1 is 0.667 bits per heavy atom. The third-order valence-electron chi connectivity index (χ3n) is 7.99. The molecule has 0 heterocycles. The van der Waals surface area contributed by atoms with E-state index in [1.165, 1.54) is 38.5 Å². The first-order chi connectivity index (χ1) is 17.5. The van der Waals surface area contributed by atoms with Gasteiger partial charge in [-0.2, -0.15) is 0 Å². The Morgan fingerprint density at radius 2 is 1.33 bits per heavy atom. The van der Waals surface area contributed by atoms with Crippen LogP contribution in [0.2, 0.25) is 0 Å². The summed E-state index contributed by atoms with van der Waals surface area (Å²) in [5, 5.41) is 0. The van der Waals surface area contributed by atoms with Gasteiger partial charge in [0.2, 0.25) is 0 Å². The average molecular weight is 493 g/mol. The first-order valence-corrected chi connectivity index (χ1v) is 13.9. The molecule has 0 aliphatic heterocycles. The number of aryl methyl sites for hydroxylation is 1. The van der Waals surface area contributed by atoms with Crippen LogP contribution in [-0.2, 0) is 6.42 Å². The largest absolute Gasteiger partial charge is 0.207 e. The van der Waals surface area contributed by atoms with Crippen LogP contribution in [-0.4, -0.2) is 0 Å². The fourth-order valence-electron chi connectivity index (χ4n) is 5.70. The first kappa shape index (κ1) is 26.5. The minimum Gasteiger partial charge on any atom is -0.207 e. The van der Waals surface area contributed by atoms with Crippen molar-refractivity contribution in [3.8, 4) is 22.3 Å². The lowest BCUT2D eigenvalue weighted by Gasteiger charge is -2.29. The molecule has 4 rings (SSSR count). The van der Waals surface area contributed by atoms with Gasteiger partial charge in [0.25, 0.3) is 0 Å². The van der Waals surface area contributed by atoms with Gasteiger partial charge in [-0.05, 0) is 84.2 Å². The summed E-state index contributed by atoms with van der Waals surface area (Å²) in [5.41, 5.74) is 3.80. The Labute approximate surface area is 215 Å². The van der Waals surface area contributed by atoms with E-state index < -0.39 is 11.6 Å². The second-order valence-electron chi connectivity index (χ2n) is 10.5. The fourth-order valence-corrected chi connectivity index (χ4v) is 5.70. The molecular weight excluding hydrogens is 453 g/mol. The highest BCUT2D eigenvalue weighted by molar-refractivity contribution is 5.71. The molecule has 192 valence electrons. The number of halogens is 3. The summed E-state index contributed by atoms with van der Waals surface area (Å²) in [6, 6.07) is 16.2. The molecule has 0 atom stereocenters. The predicted molar refractivity (Wildman–Crippen MR) is 145 cm³/mol. The van der Waals surface area contributed by atoms with Gasteiger partial charge >= 0.3 is 0 Å². The van der Waals surface area contributed by atoms with Crippen molar-refractivity contribution in [2.24, 2.45) is 5.92 Å². The number of hydrogen-bond donors (Lipinski definition) is 0. The van der Waals surface area contributed by atoms with E-state index in [1.54, 1.807) is 30.3 Å². The van der Waals surface area contributed by atoms with Gasteiger partial charge in [0.15, 0.2) is 11.6 Å². The molecule has 1 fully saturated rings. The zero-order valence-corrected chi connectivity index (χ0v) is 21.8. The number of rotatable bonds is 10. The summed E-state index contributed by atoms with van der Waals surface area (Å²) in [5.74, 6) is -0.576. The quantitative estimate of drug-likeness (QED) is 0.247. The highest BCUT2D eigenvalue weighted by atomic mass is 19.2. The summed E-state index contributed by atoms with van der Waals surface area (Å²) in [6.45, 7) is 4.27. The summed E-state index contributed by atoms with van der Waals surface area (Å²) < 4.78 is 44.4. The van der Waals surface area contributed by atoms with Crippen LogP contribution in [0.3, 0.4) is 0 Å². The van der Waals surface area contributed by atoms with E-state index in [1.807, 2.05) is 31.2 Å². The maximum absolute atomic E-state index is 15.1. The molecule has 1 saturated carbocycles. The van der Waals surface area contributed by atoms with E-state index in [0.717, 1.165) is 48.3 Å². The molecular formula is C33H39F3. The summed E-state index contributed by atoms with van der Waals surface area (Å²) in [4.78, 5) is 0. The van der Waals surface area contributed by atoms with Crippen molar-refractivity contribution in [1.82, 2.24) is 0 Å². The van der Waals surface area contributed by atoms with Crippen LogP contribution >= 0.6 is 0 Å². The fraction of sp³-hybridized carbons (Fsp3) is 0.455. The second kappa shape index (κ2) is 12.6. The van der Waals surface area contributed by atoms with Crippen LogP contribution < -0.4 is 0 Å². The maximum Gasteiger partial charge on any atom is 0.166 e. The molecule has 36 heavy (non-hydrogen) atoms. The number of benzene rings is 3. The lowest BCUT2D eigenvalue weighted by molar-refractivity contribution is 0.299. The van der Waals surface area contributed by atoms with E-state index in [9.17, 15) is 8.78 Å². The number of hydrogen-bond acceptors (Lipinski definition) is 0. The molecule has 1 aliphatic carbocycles. The zero-order chi connectivity index (χ0) is 25.5. The van der Waals surface area contributed by atoms with Gasteiger partial charge in [-0.15, -0.1) is 0 Å². The highest BCUT2D eigenvalue weighted by Gasteiger charge is 2.24. The van der Waals surface area contributed by atoms with Crippen LogP contribution in [0.25, 0.3) is 22.3 Å². The van der Waals surface area contributed by atoms with E-state index >= 15 is 4.39 Å². The van der Waals surface area contributed by atoms with Crippen molar-refractivity contribution >= 4 is 0 Å². The Balaban J connectivity index is 1.43. The zero-order valence-electron chi connectivity index (χ0n) is 21.8. The van der Waals surface area contributed by atoms with Crippen LogP contribution in [0, 0.1) is 23.4 Å². The van der Waals surface area contributed by atoms with Crippen LogP contribution in [0.5, 0.6) is 0 Å². The summed E-state index contributed by atoms with van der Waals surface area (Å²) in [6.07, 6.45) is 12.1. The lowest BCUT2D eigenvalue weighted by atomic mass is 9.76. The van der Waals surface area contributed by atoms with Crippen LogP contribution in [0.1, 0.15) is 95.1 Å². The highest BCUT2D eigenvalue weighted by Crippen LogP contribution is 2.39.